The number of hydrogen-bond donors (Lipinski definition) is 2. The topological polar surface area (TPSA) is 54.0 Å². The molecule has 138 valence electrons. The molecule has 1 heterocycles. The van der Waals surface area contributed by atoms with E-state index in [9.17, 15) is 18.0 Å². The van der Waals surface area contributed by atoms with Crippen LogP contribution in [0.25, 0.3) is 0 Å². The largest absolute Gasteiger partial charge is 0.416 e. The normalized spacial score (nSPS) is 11.1. The molecule has 0 unspecified atom stereocenters. The van der Waals surface area contributed by atoms with Crippen molar-refractivity contribution in [2.75, 3.05) is 10.6 Å². The van der Waals surface area contributed by atoms with Gasteiger partial charge in [0.1, 0.15) is 5.82 Å². The highest BCUT2D eigenvalue weighted by molar-refractivity contribution is 9.10. The molecule has 3 aromatic rings. The SMILES string of the molecule is O=C(Nc1ccc(Br)cc1)c1cccnc1Nc1cccc(C(F)(F)F)c1. The molecule has 0 bridgehead atoms. The molecule has 0 atom stereocenters. The molecule has 0 spiro atoms. The van der Waals surface area contributed by atoms with Crippen LogP contribution in [0.15, 0.2) is 71.3 Å². The third-order valence-corrected chi connectivity index (χ3v) is 4.14. The lowest BCUT2D eigenvalue weighted by Gasteiger charge is -2.13. The van der Waals surface area contributed by atoms with Crippen LogP contribution in [-0.4, -0.2) is 10.9 Å². The minimum absolute atomic E-state index is 0.159. The van der Waals surface area contributed by atoms with Crippen LogP contribution in [0.2, 0.25) is 0 Å². The number of benzene rings is 2. The fraction of sp³-hybridized carbons (Fsp3) is 0.0526. The number of halogens is 4. The summed E-state index contributed by atoms with van der Waals surface area (Å²) in [4.78, 5) is 16.6. The minimum atomic E-state index is -4.45. The molecule has 0 aliphatic rings. The van der Waals surface area contributed by atoms with Gasteiger partial charge in [0, 0.05) is 22.0 Å². The van der Waals surface area contributed by atoms with E-state index in [2.05, 4.69) is 31.5 Å². The van der Waals surface area contributed by atoms with E-state index in [1.807, 2.05) is 0 Å². The van der Waals surface area contributed by atoms with Crippen molar-refractivity contribution in [3.8, 4) is 0 Å². The molecule has 4 nitrogen and oxygen atoms in total. The lowest BCUT2D eigenvalue weighted by molar-refractivity contribution is -0.137. The highest BCUT2D eigenvalue weighted by Crippen LogP contribution is 2.31. The molecule has 1 amide bonds. The number of carbonyl (C=O) groups excluding carboxylic acids is 1. The van der Waals surface area contributed by atoms with Gasteiger partial charge in [-0.3, -0.25) is 4.79 Å². The number of nitrogens with one attached hydrogen (secondary N) is 2. The van der Waals surface area contributed by atoms with Crippen LogP contribution in [0.1, 0.15) is 15.9 Å². The van der Waals surface area contributed by atoms with Crippen molar-refractivity contribution in [3.05, 3.63) is 82.5 Å². The zero-order valence-corrected chi connectivity index (χ0v) is 15.3. The molecule has 0 saturated carbocycles. The van der Waals surface area contributed by atoms with E-state index in [4.69, 9.17) is 0 Å². The predicted molar refractivity (Wildman–Crippen MR) is 101 cm³/mol. The van der Waals surface area contributed by atoms with Crippen molar-refractivity contribution in [1.82, 2.24) is 4.98 Å². The van der Waals surface area contributed by atoms with Crippen LogP contribution in [0.4, 0.5) is 30.4 Å². The molecular formula is C19H13BrF3N3O. The molecule has 8 heteroatoms. The summed E-state index contributed by atoms with van der Waals surface area (Å²) in [6.45, 7) is 0. The van der Waals surface area contributed by atoms with E-state index < -0.39 is 17.6 Å². The Morgan fingerprint density at radius 2 is 1.70 bits per heavy atom. The molecule has 0 saturated heterocycles. The second-order valence-corrected chi connectivity index (χ2v) is 6.48. The molecular weight excluding hydrogens is 423 g/mol. The van der Waals surface area contributed by atoms with E-state index in [0.29, 0.717) is 5.69 Å². The van der Waals surface area contributed by atoms with Crippen LogP contribution in [0, 0.1) is 0 Å². The molecule has 3 rings (SSSR count). The zero-order chi connectivity index (χ0) is 19.4. The number of carbonyl (C=O) groups is 1. The van der Waals surface area contributed by atoms with E-state index in [-0.39, 0.29) is 17.1 Å². The Kier molecular flexibility index (Phi) is 5.46. The lowest BCUT2D eigenvalue weighted by Crippen LogP contribution is -2.14. The fourth-order valence-corrected chi connectivity index (χ4v) is 2.59. The van der Waals surface area contributed by atoms with Crippen LogP contribution >= 0.6 is 15.9 Å². The first-order valence-corrected chi connectivity index (χ1v) is 8.58. The maximum atomic E-state index is 12.9. The summed E-state index contributed by atoms with van der Waals surface area (Å²) in [7, 11) is 0. The van der Waals surface area contributed by atoms with Crippen molar-refractivity contribution in [2.45, 2.75) is 6.18 Å². The number of nitrogens with zero attached hydrogens (tertiary/aromatic N) is 1. The Hall–Kier alpha value is -2.87. The minimum Gasteiger partial charge on any atom is -0.340 e. The summed E-state index contributed by atoms with van der Waals surface area (Å²) in [6.07, 6.45) is -3.00. The van der Waals surface area contributed by atoms with Gasteiger partial charge in [0.05, 0.1) is 11.1 Å². The van der Waals surface area contributed by atoms with E-state index in [1.54, 1.807) is 30.3 Å². The van der Waals surface area contributed by atoms with E-state index in [1.165, 1.54) is 24.4 Å². The standard InChI is InChI=1S/C19H13BrF3N3O/c20-13-6-8-14(9-7-13)26-18(27)16-5-2-10-24-17(16)25-15-4-1-3-12(11-15)19(21,22)23/h1-11H,(H,24,25)(H,26,27). The Morgan fingerprint density at radius 3 is 2.41 bits per heavy atom. The molecule has 0 fully saturated rings. The van der Waals surface area contributed by atoms with Gasteiger partial charge >= 0.3 is 6.18 Å². The molecule has 0 aliphatic carbocycles. The van der Waals surface area contributed by atoms with Gasteiger partial charge in [-0.15, -0.1) is 0 Å². The molecule has 0 aliphatic heterocycles. The summed E-state index contributed by atoms with van der Waals surface area (Å²) < 4.78 is 39.5. The molecule has 1 aromatic heterocycles. The zero-order valence-electron chi connectivity index (χ0n) is 13.7. The first kappa shape index (κ1) is 18.9. The van der Waals surface area contributed by atoms with Crippen LogP contribution in [0.5, 0.6) is 0 Å². The number of anilines is 3. The monoisotopic (exact) mass is 435 g/mol. The van der Waals surface area contributed by atoms with Gasteiger partial charge in [-0.2, -0.15) is 13.2 Å². The van der Waals surface area contributed by atoms with Gasteiger partial charge in [-0.05, 0) is 54.6 Å². The number of amides is 1. The summed E-state index contributed by atoms with van der Waals surface area (Å²) in [5, 5.41) is 5.51. The quantitative estimate of drug-likeness (QED) is 0.539. The number of pyridine rings is 1. The average Bonchev–Trinajstić information content (AvgIpc) is 2.63. The number of alkyl halides is 3. The molecule has 0 radical (unpaired) electrons. The summed E-state index contributed by atoms with van der Waals surface area (Å²) >= 11 is 3.31. The highest BCUT2D eigenvalue weighted by Gasteiger charge is 2.30. The maximum absolute atomic E-state index is 12.9. The van der Waals surface area contributed by atoms with Gasteiger partial charge in [-0.1, -0.05) is 22.0 Å². The summed E-state index contributed by atoms with van der Waals surface area (Å²) in [5.41, 5.74) is 0.181. The van der Waals surface area contributed by atoms with Gasteiger partial charge in [0.25, 0.3) is 5.91 Å². The fourth-order valence-electron chi connectivity index (χ4n) is 2.33. The smallest absolute Gasteiger partial charge is 0.340 e. The maximum Gasteiger partial charge on any atom is 0.416 e. The molecule has 2 aromatic carbocycles. The van der Waals surface area contributed by atoms with E-state index in [0.717, 1.165) is 16.6 Å². The van der Waals surface area contributed by atoms with Crippen molar-refractivity contribution in [3.63, 3.8) is 0 Å². The Bertz CT molecular complexity index is 959. The van der Waals surface area contributed by atoms with Crippen molar-refractivity contribution >= 4 is 39.0 Å². The van der Waals surface area contributed by atoms with Gasteiger partial charge < -0.3 is 10.6 Å². The number of hydrogen-bond acceptors (Lipinski definition) is 3. The van der Waals surface area contributed by atoms with Gasteiger partial charge in [0.2, 0.25) is 0 Å². The van der Waals surface area contributed by atoms with Gasteiger partial charge in [-0.25, -0.2) is 4.98 Å². The number of aromatic nitrogens is 1. The first-order chi connectivity index (χ1) is 12.8. The first-order valence-electron chi connectivity index (χ1n) is 7.79. The van der Waals surface area contributed by atoms with Crippen LogP contribution in [0.3, 0.4) is 0 Å². The van der Waals surface area contributed by atoms with Crippen molar-refractivity contribution in [1.29, 1.82) is 0 Å². The Morgan fingerprint density at radius 1 is 0.963 bits per heavy atom. The lowest BCUT2D eigenvalue weighted by atomic mass is 10.1. The van der Waals surface area contributed by atoms with Crippen molar-refractivity contribution < 1.29 is 18.0 Å². The van der Waals surface area contributed by atoms with E-state index >= 15 is 0 Å². The predicted octanol–water partition coefficient (Wildman–Crippen LogP) is 5.86. The second kappa shape index (κ2) is 7.79. The van der Waals surface area contributed by atoms with Gasteiger partial charge in [0.15, 0.2) is 0 Å². The highest BCUT2D eigenvalue weighted by atomic mass is 79.9. The summed E-state index contributed by atoms with van der Waals surface area (Å²) in [6, 6.07) is 14.8. The molecule has 27 heavy (non-hydrogen) atoms. The third-order valence-electron chi connectivity index (χ3n) is 3.61. The van der Waals surface area contributed by atoms with Crippen molar-refractivity contribution in [2.24, 2.45) is 0 Å². The molecule has 2 N–H and O–H groups in total. The average molecular weight is 436 g/mol. The summed E-state index contributed by atoms with van der Waals surface area (Å²) in [5.74, 6) is -0.272. The third kappa shape index (κ3) is 4.85. The Labute approximate surface area is 161 Å². The Balaban J connectivity index is 1.84. The van der Waals surface area contributed by atoms with Crippen LogP contribution in [-0.2, 0) is 6.18 Å². The van der Waals surface area contributed by atoms with Crippen LogP contribution < -0.4 is 10.6 Å². The number of rotatable bonds is 4. The second-order valence-electron chi connectivity index (χ2n) is 5.56.